The number of carboxylic acids is 1. The number of carbonyl (C=O) groups is 1. The number of aromatic carboxylic acids is 1. The normalized spacial score (nSPS) is 9.40. The summed E-state index contributed by atoms with van der Waals surface area (Å²) in [5.41, 5.74) is 0. The highest BCUT2D eigenvalue weighted by molar-refractivity contribution is 5.84. The summed E-state index contributed by atoms with van der Waals surface area (Å²) in [6, 6.07) is 0. The Morgan fingerprint density at radius 2 is 1.85 bits per heavy atom. The number of H-pyrrole nitrogens is 1. The van der Waals surface area contributed by atoms with Crippen LogP contribution in [0.4, 0.5) is 11.6 Å². The number of rotatable bonds is 3. The lowest BCUT2D eigenvalue weighted by Crippen LogP contribution is -2.02. The van der Waals surface area contributed by atoms with Crippen LogP contribution in [-0.2, 0) is 0 Å². The number of nitrogens with zero attached hydrogens (tertiary/aromatic N) is 6. The van der Waals surface area contributed by atoms with Crippen LogP contribution < -0.4 is 5.84 Å². The number of nitro groups is 2. The largest absolute Gasteiger partial charge is 0.472 e. The topological polar surface area (TPSA) is 209 Å². The van der Waals surface area contributed by atoms with E-state index in [-0.39, 0.29) is 0 Å². The van der Waals surface area contributed by atoms with Gasteiger partial charge in [0.2, 0.25) is 0 Å². The maximum absolute atomic E-state index is 10.3. The lowest BCUT2D eigenvalue weighted by atomic mass is 10.6. The van der Waals surface area contributed by atoms with Crippen molar-refractivity contribution in [1.82, 2.24) is 24.8 Å². The van der Waals surface area contributed by atoms with Crippen LogP contribution in [0.25, 0.3) is 0 Å². The fourth-order valence-electron chi connectivity index (χ4n) is 0.919. The number of nitrogens with two attached hydrogens (primary N) is 1. The van der Waals surface area contributed by atoms with Crippen LogP contribution in [0.3, 0.4) is 0 Å². The summed E-state index contributed by atoms with van der Waals surface area (Å²) in [6.07, 6.45) is 2.83. The van der Waals surface area contributed by atoms with Crippen molar-refractivity contribution < 1.29 is 19.7 Å². The molecule has 2 rings (SSSR count). The van der Waals surface area contributed by atoms with Gasteiger partial charge in [0.1, 0.15) is 12.7 Å². The molecule has 0 fully saturated rings. The molecule has 2 heterocycles. The SMILES string of the molecule is Nn1cnnc1.O=C(O)c1nc([N+](=O)[O-])c([N+](=O)[O-])[nH]1. The standard InChI is InChI=1S/C4H2N4O6.C2H4N4/c9-4(10)1-5-2(7(11)12)3(6-1)8(13)14;3-6-1-4-5-2-6/h(H,5,6)(H,9,10);1-2H,3H2. The van der Waals surface area contributed by atoms with E-state index in [4.69, 9.17) is 10.9 Å². The molecule has 0 aliphatic carbocycles. The third kappa shape index (κ3) is 3.45. The summed E-state index contributed by atoms with van der Waals surface area (Å²) < 4.78 is 1.28. The van der Waals surface area contributed by atoms with Gasteiger partial charge in [-0.05, 0) is 9.85 Å². The Balaban J connectivity index is 0.000000276. The van der Waals surface area contributed by atoms with E-state index in [0.29, 0.717) is 0 Å². The number of nitrogens with one attached hydrogen (secondary N) is 1. The van der Waals surface area contributed by atoms with Gasteiger partial charge in [-0.1, -0.05) is 0 Å². The first-order valence-corrected chi connectivity index (χ1v) is 4.54. The van der Waals surface area contributed by atoms with Crippen LogP contribution >= 0.6 is 0 Å². The molecule has 106 valence electrons. The van der Waals surface area contributed by atoms with Gasteiger partial charge in [0.05, 0.1) is 0 Å². The van der Waals surface area contributed by atoms with Crippen molar-refractivity contribution in [1.29, 1.82) is 0 Å². The number of aromatic amines is 1. The molecule has 0 aromatic carbocycles. The first-order chi connectivity index (χ1) is 9.32. The number of hydrogen-bond acceptors (Lipinski definition) is 9. The van der Waals surface area contributed by atoms with Crippen molar-refractivity contribution in [3.63, 3.8) is 0 Å². The van der Waals surface area contributed by atoms with Crippen molar-refractivity contribution in [3.05, 3.63) is 38.7 Å². The Labute approximate surface area is 108 Å². The molecule has 0 aliphatic heterocycles. The highest BCUT2D eigenvalue weighted by atomic mass is 16.6. The molecule has 2 aromatic rings. The van der Waals surface area contributed by atoms with Gasteiger partial charge in [-0.15, -0.1) is 10.2 Å². The van der Waals surface area contributed by atoms with Gasteiger partial charge in [0.15, 0.2) is 0 Å². The Bertz CT molecular complexity index is 600. The van der Waals surface area contributed by atoms with Gasteiger partial charge in [-0.25, -0.2) is 9.47 Å². The minimum atomic E-state index is -1.61. The van der Waals surface area contributed by atoms with Crippen molar-refractivity contribution in [2.75, 3.05) is 5.84 Å². The Morgan fingerprint density at radius 1 is 1.30 bits per heavy atom. The average Bonchev–Trinajstić information content (AvgIpc) is 2.97. The summed E-state index contributed by atoms with van der Waals surface area (Å²) in [4.78, 5) is 33.1. The van der Waals surface area contributed by atoms with Gasteiger partial charge < -0.3 is 31.2 Å². The molecule has 2 aromatic heterocycles. The number of nitrogen functional groups attached to an aromatic ring is 1. The van der Waals surface area contributed by atoms with E-state index in [1.807, 2.05) is 0 Å². The Morgan fingerprint density at radius 3 is 2.10 bits per heavy atom. The van der Waals surface area contributed by atoms with E-state index >= 15 is 0 Å². The number of aromatic nitrogens is 5. The van der Waals surface area contributed by atoms with Gasteiger partial charge in [0.25, 0.3) is 0 Å². The highest BCUT2D eigenvalue weighted by Gasteiger charge is 2.34. The molecule has 20 heavy (non-hydrogen) atoms. The molecule has 0 atom stereocenters. The van der Waals surface area contributed by atoms with E-state index in [1.54, 1.807) is 4.98 Å². The zero-order valence-corrected chi connectivity index (χ0v) is 9.40. The minimum absolute atomic E-state index is 0.844. The highest BCUT2D eigenvalue weighted by Crippen LogP contribution is 2.22. The van der Waals surface area contributed by atoms with Crippen LogP contribution in [0.2, 0.25) is 0 Å². The third-order valence-corrected chi connectivity index (χ3v) is 1.66. The average molecular weight is 286 g/mol. The lowest BCUT2D eigenvalue weighted by Gasteiger charge is -1.88. The molecule has 0 amide bonds. The van der Waals surface area contributed by atoms with E-state index in [0.717, 1.165) is 0 Å². The fourth-order valence-corrected chi connectivity index (χ4v) is 0.919. The second-order valence-electron chi connectivity index (χ2n) is 2.99. The van der Waals surface area contributed by atoms with Crippen LogP contribution in [0, 0.1) is 20.2 Å². The summed E-state index contributed by atoms with van der Waals surface area (Å²) in [5.74, 6) is 0.449. The molecular weight excluding hydrogens is 280 g/mol. The molecule has 0 radical (unpaired) electrons. The second kappa shape index (κ2) is 5.85. The molecule has 0 spiro atoms. The van der Waals surface area contributed by atoms with Crippen molar-refractivity contribution >= 4 is 17.6 Å². The molecule has 0 bridgehead atoms. The van der Waals surface area contributed by atoms with E-state index < -0.39 is 33.3 Å². The van der Waals surface area contributed by atoms with Crippen LogP contribution in [0.15, 0.2) is 12.7 Å². The van der Waals surface area contributed by atoms with Gasteiger partial charge in [-0.2, -0.15) is 4.98 Å². The minimum Gasteiger partial charge on any atom is -0.472 e. The van der Waals surface area contributed by atoms with Crippen molar-refractivity contribution in [3.8, 4) is 0 Å². The summed E-state index contributed by atoms with van der Waals surface area (Å²) in [7, 11) is 0. The first-order valence-electron chi connectivity index (χ1n) is 4.54. The van der Waals surface area contributed by atoms with Crippen LogP contribution in [0.5, 0.6) is 0 Å². The number of carboxylic acid groups (broad SMARTS) is 1. The number of imidazole rings is 1. The molecule has 14 nitrogen and oxygen atoms in total. The van der Waals surface area contributed by atoms with Gasteiger partial charge in [-0.3, -0.25) is 0 Å². The lowest BCUT2D eigenvalue weighted by molar-refractivity contribution is -0.427. The number of hydrogen-bond donors (Lipinski definition) is 3. The van der Waals surface area contributed by atoms with E-state index in [1.165, 1.54) is 17.3 Å². The zero-order chi connectivity index (χ0) is 15.3. The third-order valence-electron chi connectivity index (χ3n) is 1.66. The predicted molar refractivity (Wildman–Crippen MR) is 59.0 cm³/mol. The quantitative estimate of drug-likeness (QED) is 0.352. The summed E-state index contributed by atoms with van der Waals surface area (Å²) in [5, 5.41) is 35.6. The van der Waals surface area contributed by atoms with Crippen molar-refractivity contribution in [2.45, 2.75) is 0 Å². The van der Waals surface area contributed by atoms with Crippen LogP contribution in [-0.4, -0.2) is 45.8 Å². The monoisotopic (exact) mass is 286 g/mol. The Kier molecular flexibility index (Phi) is 4.23. The molecule has 0 saturated carbocycles. The second-order valence-corrected chi connectivity index (χ2v) is 2.99. The maximum atomic E-state index is 10.3. The smallest absolute Gasteiger partial charge is 0.463 e. The molecule has 4 N–H and O–H groups in total. The molecule has 0 aliphatic rings. The molecule has 0 unspecified atom stereocenters. The first kappa shape index (κ1) is 14.5. The molecule has 14 heteroatoms. The van der Waals surface area contributed by atoms with E-state index in [2.05, 4.69) is 15.2 Å². The van der Waals surface area contributed by atoms with E-state index in [9.17, 15) is 25.0 Å². The molecule has 0 saturated heterocycles. The zero-order valence-electron chi connectivity index (χ0n) is 9.40. The fraction of sp³-hybridized carbons (Fsp3) is 0. The van der Waals surface area contributed by atoms with Crippen molar-refractivity contribution in [2.24, 2.45) is 0 Å². The van der Waals surface area contributed by atoms with Gasteiger partial charge in [0, 0.05) is 4.98 Å². The van der Waals surface area contributed by atoms with Crippen LogP contribution in [0.1, 0.15) is 10.6 Å². The maximum Gasteiger partial charge on any atom is 0.463 e. The summed E-state index contributed by atoms with van der Waals surface area (Å²) >= 11 is 0. The Hall–Kier alpha value is -3.58. The van der Waals surface area contributed by atoms with Gasteiger partial charge >= 0.3 is 23.4 Å². The summed E-state index contributed by atoms with van der Waals surface area (Å²) in [6.45, 7) is 0. The predicted octanol–water partition coefficient (Wildman–Crippen LogP) is -1.08. The molecular formula is C6H6N8O6.